The Kier molecular flexibility index (Phi) is 4.62. The van der Waals surface area contributed by atoms with Gasteiger partial charge in [0.1, 0.15) is 5.75 Å². The van der Waals surface area contributed by atoms with Crippen molar-refractivity contribution in [2.24, 2.45) is 22.4 Å². The minimum absolute atomic E-state index is 0.0454. The highest BCUT2D eigenvalue weighted by atomic mass is 16.3. The van der Waals surface area contributed by atoms with Gasteiger partial charge in [-0.3, -0.25) is 4.79 Å². The summed E-state index contributed by atoms with van der Waals surface area (Å²) in [4.78, 5) is 13.6. The number of hydrogen-bond donors (Lipinski definition) is 2. The third-order valence-electron chi connectivity index (χ3n) is 8.51. The molecule has 4 fully saturated rings. The summed E-state index contributed by atoms with van der Waals surface area (Å²) in [5, 5.41) is 16.7. The Morgan fingerprint density at radius 3 is 2.48 bits per heavy atom. The van der Waals surface area contributed by atoms with Gasteiger partial charge in [-0.25, -0.2) is 5.43 Å². The lowest BCUT2D eigenvalue weighted by Gasteiger charge is -2.61. The van der Waals surface area contributed by atoms with Crippen molar-refractivity contribution in [3.8, 4) is 5.75 Å². The summed E-state index contributed by atoms with van der Waals surface area (Å²) in [6, 6.07) is 20.4. The molecule has 0 heterocycles. The summed E-state index contributed by atoms with van der Waals surface area (Å²) >= 11 is 0. The minimum Gasteiger partial charge on any atom is -0.507 e. The van der Waals surface area contributed by atoms with Crippen LogP contribution < -0.4 is 5.43 Å². The van der Waals surface area contributed by atoms with E-state index in [-0.39, 0.29) is 22.5 Å². The second-order valence-corrected chi connectivity index (χ2v) is 10.8. The zero-order chi connectivity index (χ0) is 22.6. The van der Waals surface area contributed by atoms with Crippen LogP contribution in [0.3, 0.4) is 0 Å². The highest BCUT2D eigenvalue weighted by Gasteiger charge is 2.60. The summed E-state index contributed by atoms with van der Waals surface area (Å²) in [5.41, 5.74) is 5.97. The zero-order valence-electron chi connectivity index (χ0n) is 19.1. The summed E-state index contributed by atoms with van der Waals surface area (Å²) in [6.07, 6.45) is 8.11. The number of carbonyl (C=O) groups is 1. The number of rotatable bonds is 4. The van der Waals surface area contributed by atoms with Gasteiger partial charge in [-0.15, -0.1) is 0 Å². The SMILES string of the molecule is Cc1ccc(C23C[C@@H]4C[C@H](CC(C(=O)N/N=C\c5c(O)ccc6ccccc56)(C4)C2)C3)cc1. The van der Waals surface area contributed by atoms with Crippen LogP contribution in [0.2, 0.25) is 0 Å². The van der Waals surface area contributed by atoms with Crippen molar-refractivity contribution in [1.82, 2.24) is 5.43 Å². The standard InChI is InChI=1S/C29H30N2O2/c1-19-6-9-23(10-7-19)28-13-20-12-21(14-28)16-29(15-20,18-28)27(33)31-30-17-25-24-5-3-2-4-22(24)8-11-26(25)32/h2-11,17,20-21,32H,12-16,18H2,1H3,(H,31,33)/b30-17-/t20-,21-,28?,29?/m0/s1. The van der Waals surface area contributed by atoms with E-state index < -0.39 is 0 Å². The summed E-state index contributed by atoms with van der Waals surface area (Å²) in [6.45, 7) is 2.13. The molecule has 0 saturated heterocycles. The number of aromatic hydroxyl groups is 1. The number of hydrogen-bond acceptors (Lipinski definition) is 3. The van der Waals surface area contributed by atoms with E-state index in [1.165, 1.54) is 30.4 Å². The van der Waals surface area contributed by atoms with Gasteiger partial charge in [0.25, 0.3) is 0 Å². The molecule has 4 bridgehead atoms. The number of benzene rings is 3. The van der Waals surface area contributed by atoms with Crippen LogP contribution in [0.15, 0.2) is 65.8 Å². The molecule has 2 atom stereocenters. The monoisotopic (exact) mass is 438 g/mol. The number of carbonyl (C=O) groups excluding carboxylic acids is 1. The molecule has 0 radical (unpaired) electrons. The molecule has 0 unspecified atom stereocenters. The predicted molar refractivity (Wildman–Crippen MR) is 131 cm³/mol. The highest BCUT2D eigenvalue weighted by Crippen LogP contribution is 2.65. The first kappa shape index (κ1) is 20.5. The second-order valence-electron chi connectivity index (χ2n) is 10.8. The van der Waals surface area contributed by atoms with Gasteiger partial charge < -0.3 is 5.11 Å². The average molecular weight is 439 g/mol. The topological polar surface area (TPSA) is 61.7 Å². The molecule has 4 aliphatic rings. The normalized spacial score (nSPS) is 30.2. The van der Waals surface area contributed by atoms with Gasteiger partial charge in [-0.1, -0.05) is 60.2 Å². The molecule has 4 aliphatic carbocycles. The quantitative estimate of drug-likeness (QED) is 0.397. The number of nitrogens with zero attached hydrogens (tertiary/aromatic N) is 1. The van der Waals surface area contributed by atoms with Crippen molar-refractivity contribution in [3.63, 3.8) is 0 Å². The average Bonchev–Trinajstić information content (AvgIpc) is 2.80. The summed E-state index contributed by atoms with van der Waals surface area (Å²) < 4.78 is 0. The zero-order valence-corrected chi connectivity index (χ0v) is 19.1. The van der Waals surface area contributed by atoms with E-state index in [1.54, 1.807) is 12.3 Å². The molecule has 4 heteroatoms. The van der Waals surface area contributed by atoms with E-state index in [9.17, 15) is 9.90 Å². The third kappa shape index (κ3) is 3.35. The maximum atomic E-state index is 13.6. The van der Waals surface area contributed by atoms with Gasteiger partial charge in [0.2, 0.25) is 5.91 Å². The molecule has 2 N–H and O–H groups in total. The third-order valence-corrected chi connectivity index (χ3v) is 8.51. The fourth-order valence-electron chi connectivity index (χ4n) is 7.47. The summed E-state index contributed by atoms with van der Waals surface area (Å²) in [5.74, 6) is 1.44. The van der Waals surface area contributed by atoms with Crippen molar-refractivity contribution < 1.29 is 9.90 Å². The molecule has 3 aromatic carbocycles. The molecule has 3 aromatic rings. The van der Waals surface area contributed by atoms with Crippen LogP contribution in [-0.2, 0) is 10.2 Å². The smallest absolute Gasteiger partial charge is 0.246 e. The van der Waals surface area contributed by atoms with Crippen LogP contribution in [0.5, 0.6) is 5.75 Å². The first-order chi connectivity index (χ1) is 16.0. The Hall–Kier alpha value is -3.14. The van der Waals surface area contributed by atoms with Gasteiger partial charge in [0, 0.05) is 5.56 Å². The Morgan fingerprint density at radius 1 is 1.00 bits per heavy atom. The van der Waals surface area contributed by atoms with E-state index in [4.69, 9.17) is 0 Å². The van der Waals surface area contributed by atoms with E-state index in [2.05, 4.69) is 41.7 Å². The van der Waals surface area contributed by atoms with Crippen LogP contribution in [0.25, 0.3) is 10.8 Å². The van der Waals surface area contributed by atoms with Crippen LogP contribution in [0, 0.1) is 24.2 Å². The van der Waals surface area contributed by atoms with Crippen LogP contribution >= 0.6 is 0 Å². The van der Waals surface area contributed by atoms with E-state index >= 15 is 0 Å². The van der Waals surface area contributed by atoms with Crippen molar-refractivity contribution >= 4 is 22.9 Å². The van der Waals surface area contributed by atoms with Gasteiger partial charge in [0.15, 0.2) is 0 Å². The number of aryl methyl sites for hydroxylation is 1. The number of amides is 1. The van der Waals surface area contributed by atoms with Crippen molar-refractivity contribution in [3.05, 3.63) is 77.4 Å². The first-order valence-corrected chi connectivity index (χ1v) is 12.1. The first-order valence-electron chi connectivity index (χ1n) is 12.1. The largest absolute Gasteiger partial charge is 0.507 e. The molecule has 33 heavy (non-hydrogen) atoms. The Balaban J connectivity index is 1.27. The van der Waals surface area contributed by atoms with Gasteiger partial charge in [0.05, 0.1) is 11.6 Å². The fourth-order valence-corrected chi connectivity index (χ4v) is 7.47. The van der Waals surface area contributed by atoms with Crippen molar-refractivity contribution in [2.45, 2.75) is 50.9 Å². The van der Waals surface area contributed by atoms with Crippen molar-refractivity contribution in [2.75, 3.05) is 0 Å². The lowest BCUT2D eigenvalue weighted by atomic mass is 9.42. The molecule has 4 nitrogen and oxygen atoms in total. The lowest BCUT2D eigenvalue weighted by molar-refractivity contribution is -0.149. The maximum absolute atomic E-state index is 13.6. The molecule has 0 aromatic heterocycles. The lowest BCUT2D eigenvalue weighted by Crippen LogP contribution is -2.58. The predicted octanol–water partition coefficient (Wildman–Crippen LogP) is 5.84. The molecule has 4 saturated carbocycles. The molecular weight excluding hydrogens is 408 g/mol. The number of phenols is 1. The van der Waals surface area contributed by atoms with E-state index in [1.807, 2.05) is 30.3 Å². The Morgan fingerprint density at radius 2 is 1.73 bits per heavy atom. The van der Waals surface area contributed by atoms with Crippen LogP contribution in [0.1, 0.15) is 55.2 Å². The number of phenolic OH excluding ortho intramolecular Hbond substituents is 1. The second kappa shape index (κ2) is 7.44. The number of fused-ring (bicyclic) bond motifs is 1. The van der Waals surface area contributed by atoms with Crippen LogP contribution in [-0.4, -0.2) is 17.2 Å². The molecule has 7 rings (SSSR count). The van der Waals surface area contributed by atoms with Gasteiger partial charge >= 0.3 is 0 Å². The van der Waals surface area contributed by atoms with E-state index in [0.717, 1.165) is 30.0 Å². The molecule has 1 amide bonds. The van der Waals surface area contributed by atoms with E-state index in [0.29, 0.717) is 17.4 Å². The van der Waals surface area contributed by atoms with Crippen molar-refractivity contribution in [1.29, 1.82) is 0 Å². The molecule has 168 valence electrons. The fraction of sp³-hybridized carbons (Fsp3) is 0.379. The highest BCUT2D eigenvalue weighted by molar-refractivity contribution is 6.02. The Labute approximate surface area is 194 Å². The summed E-state index contributed by atoms with van der Waals surface area (Å²) in [7, 11) is 0. The van der Waals surface area contributed by atoms with Crippen LogP contribution in [0.4, 0.5) is 0 Å². The molecule has 0 spiro atoms. The minimum atomic E-state index is -0.340. The molecular formula is C29H30N2O2. The molecule has 0 aliphatic heterocycles. The number of nitrogens with one attached hydrogen (secondary N) is 1. The van der Waals surface area contributed by atoms with Gasteiger partial charge in [-0.2, -0.15) is 5.10 Å². The van der Waals surface area contributed by atoms with Gasteiger partial charge in [-0.05, 0) is 85.1 Å². The Bertz CT molecular complexity index is 1250. The number of hydrazone groups is 1. The maximum Gasteiger partial charge on any atom is 0.246 e.